The van der Waals surface area contributed by atoms with Gasteiger partial charge in [0.2, 0.25) is 15.9 Å². The van der Waals surface area contributed by atoms with E-state index in [0.717, 1.165) is 42.4 Å². The Morgan fingerprint density at radius 1 is 1.00 bits per heavy atom. The third kappa shape index (κ3) is 7.35. The number of hydrogen-bond donors (Lipinski definition) is 4. The molecule has 0 spiro atoms. The molecule has 4 rings (SSSR count). The van der Waals surface area contributed by atoms with E-state index < -0.39 is 16.1 Å². The highest BCUT2D eigenvalue weighted by molar-refractivity contribution is 7.89. The monoisotopic (exact) mass is 561 g/mol. The number of sulfonamides is 1. The van der Waals surface area contributed by atoms with Gasteiger partial charge in [0.15, 0.2) is 0 Å². The van der Waals surface area contributed by atoms with Crippen LogP contribution in [0.5, 0.6) is 0 Å². The summed E-state index contributed by atoms with van der Waals surface area (Å²) in [5.74, 6) is 0.193. The smallest absolute Gasteiger partial charge is 0.241 e. The molecule has 1 heterocycles. The van der Waals surface area contributed by atoms with Crippen molar-refractivity contribution in [1.82, 2.24) is 9.62 Å². The number of aryl methyl sites for hydroxylation is 1. The second kappa shape index (κ2) is 13.2. The van der Waals surface area contributed by atoms with E-state index in [1.54, 1.807) is 47.4 Å². The third-order valence-electron chi connectivity index (χ3n) is 7.64. The molecule has 212 valence electrons. The van der Waals surface area contributed by atoms with Gasteiger partial charge in [0.05, 0.1) is 4.90 Å². The lowest BCUT2D eigenvalue weighted by atomic mass is 9.93. The highest BCUT2D eigenvalue weighted by Crippen LogP contribution is 2.25. The van der Waals surface area contributed by atoms with Crippen molar-refractivity contribution in [3.63, 3.8) is 0 Å². The average molecular weight is 562 g/mol. The number of carbonyl (C=O) groups is 1. The summed E-state index contributed by atoms with van der Waals surface area (Å²) in [5, 5.41) is 7.63. The molecule has 3 aromatic rings. The van der Waals surface area contributed by atoms with Crippen LogP contribution >= 0.6 is 0 Å². The first-order chi connectivity index (χ1) is 19.2. The summed E-state index contributed by atoms with van der Waals surface area (Å²) >= 11 is 0. The van der Waals surface area contributed by atoms with Crippen LogP contribution in [0.25, 0.3) is 11.1 Å². The van der Waals surface area contributed by atoms with Gasteiger partial charge in [-0.2, -0.15) is 4.72 Å². The van der Waals surface area contributed by atoms with Gasteiger partial charge in [-0.25, -0.2) is 8.42 Å². The van der Waals surface area contributed by atoms with Gasteiger partial charge in [0, 0.05) is 18.7 Å². The van der Waals surface area contributed by atoms with E-state index in [-0.39, 0.29) is 23.1 Å². The Kier molecular flexibility index (Phi) is 9.73. The van der Waals surface area contributed by atoms with Gasteiger partial charge in [-0.3, -0.25) is 10.2 Å². The fourth-order valence-electron chi connectivity index (χ4n) is 5.16. The molecule has 3 aromatic carbocycles. The fraction of sp³-hybridized carbons (Fsp3) is 0.355. The average Bonchev–Trinajstić information content (AvgIpc) is 2.97. The van der Waals surface area contributed by atoms with E-state index in [1.165, 1.54) is 5.56 Å². The highest BCUT2D eigenvalue weighted by atomic mass is 32.2. The van der Waals surface area contributed by atoms with Gasteiger partial charge in [0.25, 0.3) is 0 Å². The van der Waals surface area contributed by atoms with E-state index in [9.17, 15) is 13.2 Å². The summed E-state index contributed by atoms with van der Waals surface area (Å²) < 4.78 is 30.0. The number of hydrogen-bond acceptors (Lipinski definition) is 5. The Bertz CT molecular complexity index is 1410. The number of benzene rings is 3. The van der Waals surface area contributed by atoms with Crippen molar-refractivity contribution in [1.29, 1.82) is 5.41 Å². The number of nitrogens with two attached hydrogens (primary N) is 2. The van der Waals surface area contributed by atoms with Gasteiger partial charge >= 0.3 is 0 Å². The van der Waals surface area contributed by atoms with E-state index in [0.29, 0.717) is 31.1 Å². The quantitative estimate of drug-likeness (QED) is 0.209. The number of likely N-dealkylation sites (tertiary alicyclic amines) is 1. The number of piperidine rings is 1. The molecule has 1 atom stereocenters. The van der Waals surface area contributed by atoms with Crippen LogP contribution in [-0.4, -0.2) is 50.7 Å². The summed E-state index contributed by atoms with van der Waals surface area (Å²) in [6.45, 7) is 3.87. The maximum Gasteiger partial charge on any atom is 0.241 e. The van der Waals surface area contributed by atoms with Gasteiger partial charge in [-0.1, -0.05) is 67.6 Å². The molecule has 6 N–H and O–H groups in total. The summed E-state index contributed by atoms with van der Waals surface area (Å²) in [7, 11) is -4.02. The normalized spacial score (nSPS) is 15.1. The first-order valence-electron chi connectivity index (χ1n) is 13.8. The zero-order chi connectivity index (χ0) is 28.7. The van der Waals surface area contributed by atoms with Crippen LogP contribution < -0.4 is 16.2 Å². The van der Waals surface area contributed by atoms with E-state index in [1.807, 2.05) is 30.3 Å². The first kappa shape index (κ1) is 29.5. The van der Waals surface area contributed by atoms with E-state index in [4.69, 9.17) is 16.9 Å². The molecule has 0 aliphatic carbocycles. The molecule has 0 bridgehead atoms. The zero-order valence-corrected chi connectivity index (χ0v) is 23.8. The van der Waals surface area contributed by atoms with Gasteiger partial charge in [-0.05, 0) is 79.0 Å². The number of nitrogens with zero attached hydrogens (tertiary/aromatic N) is 1. The van der Waals surface area contributed by atoms with Gasteiger partial charge in [-0.15, -0.1) is 0 Å². The third-order valence-corrected chi connectivity index (χ3v) is 9.11. The van der Waals surface area contributed by atoms with Gasteiger partial charge < -0.3 is 16.4 Å². The van der Waals surface area contributed by atoms with Crippen LogP contribution in [0, 0.1) is 11.3 Å². The Morgan fingerprint density at radius 3 is 2.25 bits per heavy atom. The maximum atomic E-state index is 13.7. The molecule has 1 unspecified atom stereocenters. The lowest BCUT2D eigenvalue weighted by molar-refractivity contribution is -0.134. The summed E-state index contributed by atoms with van der Waals surface area (Å²) in [6, 6.07) is 20.8. The number of carbonyl (C=O) groups excluding carboxylic acids is 1. The number of amidine groups is 1. The minimum atomic E-state index is -4.02. The van der Waals surface area contributed by atoms with Crippen molar-refractivity contribution in [2.45, 2.75) is 50.0 Å². The Hall–Kier alpha value is -3.53. The number of nitrogen functional groups attached to an aromatic ring is 1. The summed E-state index contributed by atoms with van der Waals surface area (Å²) in [6.07, 6.45) is 3.74. The highest BCUT2D eigenvalue weighted by Gasteiger charge is 2.32. The topological polar surface area (TPSA) is 142 Å². The number of nitrogens with one attached hydrogen (secondary N) is 2. The lowest BCUT2D eigenvalue weighted by Gasteiger charge is -2.34. The summed E-state index contributed by atoms with van der Waals surface area (Å²) in [4.78, 5) is 15.6. The van der Waals surface area contributed by atoms with Crippen LogP contribution in [0.2, 0.25) is 0 Å². The molecular weight excluding hydrogens is 522 g/mol. The molecule has 1 aliphatic rings. The van der Waals surface area contributed by atoms with Crippen molar-refractivity contribution in [3.05, 3.63) is 89.5 Å². The Morgan fingerprint density at radius 2 is 1.65 bits per heavy atom. The molecule has 0 radical (unpaired) electrons. The Labute approximate surface area is 237 Å². The minimum absolute atomic E-state index is 0.0514. The standard InChI is InChI=1S/C31H39N5O3S/c1-2-22-6-10-25(11-7-22)27-4-3-5-28(21-27)40(38,39)35-29(20-24-8-12-26(13-9-24)30(33)34)31(37)36-18-15-23(14-17-32)16-19-36/h3-13,21,23,29,35H,2,14-20,32H2,1H3,(H3,33,34). The molecule has 1 saturated heterocycles. The van der Waals surface area contributed by atoms with Crippen LogP contribution in [0.15, 0.2) is 77.7 Å². The fourth-order valence-corrected chi connectivity index (χ4v) is 6.40. The van der Waals surface area contributed by atoms with Crippen LogP contribution in [0.1, 0.15) is 42.9 Å². The molecule has 1 fully saturated rings. The number of rotatable bonds is 11. The van der Waals surface area contributed by atoms with Crippen molar-refractivity contribution >= 4 is 21.8 Å². The molecule has 40 heavy (non-hydrogen) atoms. The molecular formula is C31H39N5O3S. The van der Waals surface area contributed by atoms with Crippen molar-refractivity contribution in [2.75, 3.05) is 19.6 Å². The first-order valence-corrected chi connectivity index (χ1v) is 15.3. The molecule has 0 saturated carbocycles. The van der Waals surface area contributed by atoms with E-state index in [2.05, 4.69) is 11.6 Å². The molecule has 0 aromatic heterocycles. The second-order valence-electron chi connectivity index (χ2n) is 10.4. The SMILES string of the molecule is CCc1ccc(-c2cccc(S(=O)(=O)NC(Cc3ccc(C(=N)N)cc3)C(=O)N3CCC(CCN)CC3)c2)cc1. The van der Waals surface area contributed by atoms with Crippen molar-refractivity contribution < 1.29 is 13.2 Å². The predicted molar refractivity (Wildman–Crippen MR) is 160 cm³/mol. The maximum absolute atomic E-state index is 13.7. The largest absolute Gasteiger partial charge is 0.384 e. The van der Waals surface area contributed by atoms with E-state index >= 15 is 0 Å². The number of amides is 1. The van der Waals surface area contributed by atoms with Gasteiger partial charge in [0.1, 0.15) is 11.9 Å². The molecule has 9 heteroatoms. The molecule has 1 amide bonds. The van der Waals surface area contributed by atoms with Crippen molar-refractivity contribution in [2.24, 2.45) is 17.4 Å². The van der Waals surface area contributed by atoms with Crippen LogP contribution in [-0.2, 0) is 27.7 Å². The molecule has 8 nitrogen and oxygen atoms in total. The van der Waals surface area contributed by atoms with Crippen LogP contribution in [0.4, 0.5) is 0 Å². The lowest BCUT2D eigenvalue weighted by Crippen LogP contribution is -2.51. The second-order valence-corrected chi connectivity index (χ2v) is 12.1. The predicted octanol–water partition coefficient (Wildman–Crippen LogP) is 3.68. The van der Waals surface area contributed by atoms with Crippen LogP contribution in [0.3, 0.4) is 0 Å². The zero-order valence-electron chi connectivity index (χ0n) is 23.0. The summed E-state index contributed by atoms with van der Waals surface area (Å²) in [5.41, 5.74) is 15.6. The molecule has 1 aliphatic heterocycles. The van der Waals surface area contributed by atoms with Crippen molar-refractivity contribution in [3.8, 4) is 11.1 Å². The Balaban J connectivity index is 1.58. The minimum Gasteiger partial charge on any atom is -0.384 e.